The van der Waals surface area contributed by atoms with Gasteiger partial charge in [-0.3, -0.25) is 4.79 Å². The lowest BCUT2D eigenvalue weighted by atomic mass is 9.97. The van der Waals surface area contributed by atoms with Crippen molar-refractivity contribution >= 4 is 17.6 Å². The zero-order valence-corrected chi connectivity index (χ0v) is 12.4. The lowest BCUT2D eigenvalue weighted by Crippen LogP contribution is -2.19. The zero-order valence-electron chi connectivity index (χ0n) is 11.7. The Bertz CT molecular complexity index is 391. The molecule has 4 nitrogen and oxygen atoms in total. The first-order chi connectivity index (χ1) is 9.63. The average molecular weight is 301 g/mol. The van der Waals surface area contributed by atoms with Crippen molar-refractivity contribution in [1.29, 1.82) is 0 Å². The number of carboxylic acid groups (broad SMARTS) is 1. The molecular weight excluding hydrogens is 280 g/mol. The Morgan fingerprint density at radius 1 is 1.25 bits per heavy atom. The van der Waals surface area contributed by atoms with Crippen LogP contribution in [0.1, 0.15) is 18.4 Å². The van der Waals surface area contributed by atoms with E-state index in [1.807, 2.05) is 12.1 Å². The van der Waals surface area contributed by atoms with Crippen LogP contribution in [0.5, 0.6) is 0 Å². The van der Waals surface area contributed by atoms with Crippen LogP contribution in [-0.2, 0) is 20.7 Å². The van der Waals surface area contributed by atoms with Crippen LogP contribution in [0.4, 0.5) is 0 Å². The van der Waals surface area contributed by atoms with Crippen LogP contribution < -0.4 is 0 Å². The lowest BCUT2D eigenvalue weighted by Gasteiger charge is -2.12. The summed E-state index contributed by atoms with van der Waals surface area (Å²) in [5, 5.41) is 9.88. The van der Waals surface area contributed by atoms with Crippen molar-refractivity contribution in [2.24, 2.45) is 5.92 Å². The van der Waals surface area contributed by atoms with E-state index in [4.69, 9.17) is 21.1 Å². The Morgan fingerprint density at radius 2 is 1.95 bits per heavy atom. The zero-order chi connectivity index (χ0) is 14.8. The number of halogens is 1. The number of rotatable bonds is 10. The summed E-state index contributed by atoms with van der Waals surface area (Å²) in [5.41, 5.74) is 0.973. The molecule has 1 aromatic rings. The van der Waals surface area contributed by atoms with Gasteiger partial charge in [-0.1, -0.05) is 23.7 Å². The summed E-state index contributed by atoms with van der Waals surface area (Å²) < 4.78 is 10.3. The SMILES string of the molecule is COCCCOCCC(Cc1ccc(Cl)cc1)C(=O)O. The van der Waals surface area contributed by atoms with Gasteiger partial charge in [0.2, 0.25) is 0 Å². The van der Waals surface area contributed by atoms with Gasteiger partial charge >= 0.3 is 5.97 Å². The maximum atomic E-state index is 11.2. The molecule has 0 aromatic heterocycles. The molecule has 0 heterocycles. The van der Waals surface area contributed by atoms with Crippen molar-refractivity contribution in [2.45, 2.75) is 19.3 Å². The third kappa shape index (κ3) is 6.89. The summed E-state index contributed by atoms with van der Waals surface area (Å²) in [6.07, 6.45) is 1.82. The predicted molar refractivity (Wildman–Crippen MR) is 78.2 cm³/mol. The largest absolute Gasteiger partial charge is 0.481 e. The van der Waals surface area contributed by atoms with E-state index in [0.29, 0.717) is 37.7 Å². The Balaban J connectivity index is 2.33. The van der Waals surface area contributed by atoms with Gasteiger partial charge in [-0.15, -0.1) is 0 Å². The molecule has 0 aliphatic heterocycles. The van der Waals surface area contributed by atoms with Crippen LogP contribution in [0.25, 0.3) is 0 Å². The minimum Gasteiger partial charge on any atom is -0.481 e. The van der Waals surface area contributed by atoms with Gasteiger partial charge in [0.1, 0.15) is 0 Å². The molecule has 1 rings (SSSR count). The van der Waals surface area contributed by atoms with Gasteiger partial charge < -0.3 is 14.6 Å². The standard InChI is InChI=1S/C15H21ClO4/c1-19-8-2-9-20-10-7-13(15(17)18)11-12-3-5-14(16)6-4-12/h3-6,13H,2,7-11H2,1H3,(H,17,18). The number of benzene rings is 1. The highest BCUT2D eigenvalue weighted by atomic mass is 35.5. The third-order valence-corrected chi connectivity index (χ3v) is 3.24. The molecular formula is C15H21ClO4. The maximum Gasteiger partial charge on any atom is 0.306 e. The average Bonchev–Trinajstić information content (AvgIpc) is 2.43. The van der Waals surface area contributed by atoms with Gasteiger partial charge in [0, 0.05) is 32.0 Å². The molecule has 20 heavy (non-hydrogen) atoms. The highest BCUT2D eigenvalue weighted by Gasteiger charge is 2.17. The smallest absolute Gasteiger partial charge is 0.306 e. The second-order valence-electron chi connectivity index (χ2n) is 4.61. The fraction of sp³-hybridized carbons (Fsp3) is 0.533. The lowest BCUT2D eigenvalue weighted by molar-refractivity contribution is -0.142. The second-order valence-corrected chi connectivity index (χ2v) is 5.05. The first kappa shape index (κ1) is 17.0. The van der Waals surface area contributed by atoms with Gasteiger partial charge in [-0.25, -0.2) is 0 Å². The Kier molecular flexibility index (Phi) is 8.26. The van der Waals surface area contributed by atoms with E-state index in [-0.39, 0.29) is 0 Å². The molecule has 0 saturated heterocycles. The molecule has 0 radical (unpaired) electrons. The van der Waals surface area contributed by atoms with Gasteiger partial charge in [0.25, 0.3) is 0 Å². The Labute approximate surface area is 124 Å². The van der Waals surface area contributed by atoms with Gasteiger partial charge in [0.05, 0.1) is 5.92 Å². The van der Waals surface area contributed by atoms with Crippen LogP contribution in [0.3, 0.4) is 0 Å². The number of carboxylic acids is 1. The van der Waals surface area contributed by atoms with Crippen molar-refractivity contribution in [2.75, 3.05) is 26.9 Å². The summed E-state index contributed by atoms with van der Waals surface area (Å²) >= 11 is 5.81. The van der Waals surface area contributed by atoms with Gasteiger partial charge in [-0.2, -0.15) is 0 Å². The van der Waals surface area contributed by atoms with Gasteiger partial charge in [-0.05, 0) is 37.0 Å². The number of hydrogen-bond acceptors (Lipinski definition) is 3. The van der Waals surface area contributed by atoms with Crippen molar-refractivity contribution in [3.63, 3.8) is 0 Å². The first-order valence-corrected chi connectivity index (χ1v) is 7.05. The summed E-state index contributed by atoms with van der Waals surface area (Å²) in [7, 11) is 1.65. The molecule has 0 aliphatic carbocycles. The van der Waals surface area contributed by atoms with Crippen LogP contribution in [-0.4, -0.2) is 38.0 Å². The van der Waals surface area contributed by atoms with Crippen LogP contribution in [0.15, 0.2) is 24.3 Å². The second kappa shape index (κ2) is 9.75. The first-order valence-electron chi connectivity index (χ1n) is 6.67. The topological polar surface area (TPSA) is 55.8 Å². The van der Waals surface area contributed by atoms with Crippen LogP contribution in [0.2, 0.25) is 5.02 Å². The fourth-order valence-electron chi connectivity index (χ4n) is 1.85. The predicted octanol–water partition coefficient (Wildman–Crippen LogP) is 3.03. The minimum absolute atomic E-state index is 0.432. The molecule has 5 heteroatoms. The normalized spacial score (nSPS) is 12.3. The maximum absolute atomic E-state index is 11.2. The molecule has 1 aromatic carbocycles. The van der Waals surface area contributed by atoms with Crippen LogP contribution >= 0.6 is 11.6 Å². The van der Waals surface area contributed by atoms with E-state index in [1.165, 1.54) is 0 Å². The fourth-order valence-corrected chi connectivity index (χ4v) is 1.98. The van der Waals surface area contributed by atoms with Crippen molar-refractivity contribution in [3.05, 3.63) is 34.9 Å². The van der Waals surface area contributed by atoms with Gasteiger partial charge in [0.15, 0.2) is 0 Å². The van der Waals surface area contributed by atoms with E-state index >= 15 is 0 Å². The minimum atomic E-state index is -0.791. The summed E-state index contributed by atoms with van der Waals surface area (Å²) in [4.78, 5) is 11.2. The number of methoxy groups -OCH3 is 1. The molecule has 1 atom stereocenters. The number of ether oxygens (including phenoxy) is 2. The van der Waals surface area contributed by atoms with Crippen molar-refractivity contribution in [3.8, 4) is 0 Å². The van der Waals surface area contributed by atoms with Crippen molar-refractivity contribution < 1.29 is 19.4 Å². The van der Waals surface area contributed by atoms with E-state index in [0.717, 1.165) is 12.0 Å². The molecule has 1 N–H and O–H groups in total. The Hall–Kier alpha value is -1.10. The number of hydrogen-bond donors (Lipinski definition) is 1. The number of carbonyl (C=O) groups is 1. The third-order valence-electron chi connectivity index (χ3n) is 2.99. The highest BCUT2D eigenvalue weighted by Crippen LogP contribution is 2.16. The molecule has 0 fully saturated rings. The van der Waals surface area contributed by atoms with E-state index in [2.05, 4.69) is 0 Å². The van der Waals surface area contributed by atoms with E-state index in [9.17, 15) is 9.90 Å². The van der Waals surface area contributed by atoms with Crippen molar-refractivity contribution in [1.82, 2.24) is 0 Å². The summed E-state index contributed by atoms with van der Waals surface area (Å²) in [6.45, 7) is 1.71. The molecule has 0 saturated carbocycles. The van der Waals surface area contributed by atoms with Crippen LogP contribution in [0, 0.1) is 5.92 Å². The summed E-state index contributed by atoms with van der Waals surface area (Å²) in [5.74, 6) is -1.22. The molecule has 0 aliphatic rings. The molecule has 0 spiro atoms. The summed E-state index contributed by atoms with van der Waals surface area (Å²) in [6, 6.07) is 7.27. The quantitative estimate of drug-likeness (QED) is 0.675. The highest BCUT2D eigenvalue weighted by molar-refractivity contribution is 6.30. The molecule has 0 amide bonds. The monoisotopic (exact) mass is 300 g/mol. The van der Waals surface area contributed by atoms with E-state index < -0.39 is 11.9 Å². The Morgan fingerprint density at radius 3 is 2.55 bits per heavy atom. The molecule has 0 bridgehead atoms. The number of aliphatic carboxylic acids is 1. The molecule has 1 unspecified atom stereocenters. The van der Waals surface area contributed by atoms with E-state index in [1.54, 1.807) is 19.2 Å². The molecule has 112 valence electrons.